The number of esters is 2. The Morgan fingerprint density at radius 2 is 0.950 bits per heavy atom. The summed E-state index contributed by atoms with van der Waals surface area (Å²) < 4.78 is 34.3. The molecule has 0 aromatic rings. The van der Waals surface area contributed by atoms with E-state index in [9.17, 15) is 19.0 Å². The number of carbonyl (C=O) groups excluding carboxylic acids is 2. The van der Waals surface area contributed by atoms with Crippen LogP contribution in [0, 0.1) is 0 Å². The van der Waals surface area contributed by atoms with Crippen molar-refractivity contribution in [3.05, 3.63) is 85.1 Å². The average molecular weight is 861 g/mol. The third-order valence-corrected chi connectivity index (χ3v) is 10.4. The summed E-state index contributed by atoms with van der Waals surface area (Å²) in [5, 5.41) is 0. The molecule has 0 rings (SSSR count). The first-order chi connectivity index (χ1) is 29.0. The van der Waals surface area contributed by atoms with Crippen molar-refractivity contribution in [2.45, 2.75) is 174 Å². The van der Waals surface area contributed by atoms with Crippen LogP contribution in [0.25, 0.3) is 0 Å². The van der Waals surface area contributed by atoms with E-state index in [1.165, 1.54) is 44.9 Å². The van der Waals surface area contributed by atoms with E-state index in [-0.39, 0.29) is 26.1 Å². The number of rotatable bonds is 41. The Kier molecular flexibility index (Phi) is 39.6. The van der Waals surface area contributed by atoms with Gasteiger partial charge in [-0.25, -0.2) is 4.57 Å². The van der Waals surface area contributed by atoms with E-state index in [0.29, 0.717) is 23.9 Å². The Labute approximate surface area is 367 Å². The molecular formula is C50H87NO8P+. The molecule has 0 saturated heterocycles. The van der Waals surface area contributed by atoms with Gasteiger partial charge in [-0.3, -0.25) is 18.6 Å². The highest BCUT2D eigenvalue weighted by atomic mass is 31.2. The highest BCUT2D eigenvalue weighted by Gasteiger charge is 2.27. The minimum Gasteiger partial charge on any atom is -0.462 e. The SMILES string of the molecule is CC/C=C/C/C=C/C/C=C/C/C=C/C/C=C/CCCCCC(=O)OC[C@H](COP(=O)(O)OCC[N+](C)(C)C)OC(=O)CCCCCCCCC/C=C/C/C=C/CCCCC. The number of hydrogen-bond acceptors (Lipinski definition) is 7. The quantitative estimate of drug-likeness (QED) is 0.0213. The lowest BCUT2D eigenvalue weighted by molar-refractivity contribution is -0.870. The van der Waals surface area contributed by atoms with Crippen LogP contribution in [0.15, 0.2) is 85.1 Å². The van der Waals surface area contributed by atoms with E-state index in [4.69, 9.17) is 18.5 Å². The van der Waals surface area contributed by atoms with Crippen molar-refractivity contribution in [3.63, 3.8) is 0 Å². The number of carbonyl (C=O) groups is 2. The Morgan fingerprint density at radius 3 is 1.43 bits per heavy atom. The fourth-order valence-electron chi connectivity index (χ4n) is 5.77. The molecule has 0 amide bonds. The van der Waals surface area contributed by atoms with E-state index in [0.717, 1.165) is 83.5 Å². The fraction of sp³-hybridized carbons (Fsp3) is 0.680. The number of phosphoric ester groups is 1. The highest BCUT2D eigenvalue weighted by molar-refractivity contribution is 7.47. The van der Waals surface area contributed by atoms with Gasteiger partial charge in [0.15, 0.2) is 6.10 Å². The summed E-state index contributed by atoms with van der Waals surface area (Å²) in [7, 11) is 1.44. The van der Waals surface area contributed by atoms with Crippen LogP contribution in [-0.4, -0.2) is 74.9 Å². The lowest BCUT2D eigenvalue weighted by Crippen LogP contribution is -2.37. The molecule has 0 aliphatic rings. The second-order valence-corrected chi connectivity index (χ2v) is 17.9. The van der Waals surface area contributed by atoms with E-state index >= 15 is 0 Å². The molecule has 0 spiro atoms. The smallest absolute Gasteiger partial charge is 0.462 e. The van der Waals surface area contributed by atoms with Crippen molar-refractivity contribution in [1.82, 2.24) is 0 Å². The molecule has 0 fully saturated rings. The molecule has 0 aliphatic heterocycles. The second kappa shape index (κ2) is 41.5. The van der Waals surface area contributed by atoms with E-state index in [1.807, 2.05) is 21.1 Å². The van der Waals surface area contributed by atoms with Crippen LogP contribution in [0.5, 0.6) is 0 Å². The Balaban J connectivity index is 4.42. The van der Waals surface area contributed by atoms with Gasteiger partial charge in [0.25, 0.3) is 0 Å². The van der Waals surface area contributed by atoms with Gasteiger partial charge in [-0.15, -0.1) is 0 Å². The van der Waals surface area contributed by atoms with Crippen molar-refractivity contribution in [2.24, 2.45) is 0 Å². The van der Waals surface area contributed by atoms with Crippen molar-refractivity contribution in [2.75, 3.05) is 47.5 Å². The van der Waals surface area contributed by atoms with Crippen LogP contribution in [-0.2, 0) is 32.7 Å². The van der Waals surface area contributed by atoms with Crippen LogP contribution in [0.1, 0.15) is 168 Å². The number of quaternary nitrogens is 1. The summed E-state index contributed by atoms with van der Waals surface area (Å²) in [6.07, 6.45) is 53.4. The lowest BCUT2D eigenvalue weighted by Gasteiger charge is -2.24. The third kappa shape index (κ3) is 44.7. The normalized spacial score (nSPS) is 14.3. The van der Waals surface area contributed by atoms with Crippen molar-refractivity contribution in [3.8, 4) is 0 Å². The minimum atomic E-state index is -4.39. The second-order valence-electron chi connectivity index (χ2n) is 16.4. The molecule has 10 heteroatoms. The van der Waals surface area contributed by atoms with Gasteiger partial charge >= 0.3 is 19.8 Å². The average Bonchev–Trinajstić information content (AvgIpc) is 3.20. The Morgan fingerprint density at radius 1 is 0.533 bits per heavy atom. The first-order valence-corrected chi connectivity index (χ1v) is 24.8. The van der Waals surface area contributed by atoms with Gasteiger partial charge in [-0.1, -0.05) is 150 Å². The van der Waals surface area contributed by atoms with E-state index in [2.05, 4.69) is 98.9 Å². The molecule has 2 atom stereocenters. The Hall–Kier alpha value is -2.81. The predicted molar refractivity (Wildman–Crippen MR) is 252 cm³/mol. The topological polar surface area (TPSA) is 108 Å². The van der Waals surface area contributed by atoms with Gasteiger partial charge in [-0.2, -0.15) is 0 Å². The van der Waals surface area contributed by atoms with Crippen molar-refractivity contribution >= 4 is 19.8 Å². The first-order valence-electron chi connectivity index (χ1n) is 23.3. The van der Waals surface area contributed by atoms with Crippen LogP contribution < -0.4 is 0 Å². The van der Waals surface area contributed by atoms with Crippen LogP contribution in [0.3, 0.4) is 0 Å². The van der Waals surface area contributed by atoms with Gasteiger partial charge in [0.2, 0.25) is 0 Å². The van der Waals surface area contributed by atoms with E-state index < -0.39 is 32.5 Å². The van der Waals surface area contributed by atoms with E-state index in [1.54, 1.807) is 0 Å². The van der Waals surface area contributed by atoms with Gasteiger partial charge in [0.1, 0.15) is 19.8 Å². The fourth-order valence-corrected chi connectivity index (χ4v) is 6.52. The number of ether oxygens (including phenoxy) is 2. The molecule has 0 aromatic heterocycles. The lowest BCUT2D eigenvalue weighted by atomic mass is 10.1. The van der Waals surface area contributed by atoms with Crippen LogP contribution >= 0.6 is 7.82 Å². The zero-order valence-corrected chi connectivity index (χ0v) is 39.6. The maximum absolute atomic E-state index is 12.7. The number of unbranched alkanes of at least 4 members (excludes halogenated alkanes) is 13. The molecule has 1 unspecified atom stereocenters. The molecule has 0 saturated carbocycles. The molecule has 0 radical (unpaired) electrons. The Bertz CT molecular complexity index is 1290. The predicted octanol–water partition coefficient (Wildman–Crippen LogP) is 13.6. The van der Waals surface area contributed by atoms with Gasteiger partial charge < -0.3 is 18.9 Å². The molecule has 60 heavy (non-hydrogen) atoms. The standard InChI is InChI=1S/C50H86NO8P/c1-6-8-10-12-14-16-18-20-22-24-25-27-28-30-32-34-36-38-40-42-49(52)56-46-48(47-58-60(54,55)57-45-44-51(3,4)5)59-50(53)43-41-39-37-35-33-31-29-26-23-21-19-17-15-13-11-9-7-2/h8,10,14-17,20-23,25,27,30,32,48H,6-7,9,11-13,18-19,24,26,28-29,31,33-47H2,1-5H3/p+1/b10-8+,16-14+,17-15+,22-20+,23-21+,27-25+,32-30+/t48-/m1/s1. The van der Waals surface area contributed by atoms with Gasteiger partial charge in [0, 0.05) is 12.8 Å². The zero-order chi connectivity index (χ0) is 44.3. The maximum Gasteiger partial charge on any atom is 0.472 e. The highest BCUT2D eigenvalue weighted by Crippen LogP contribution is 2.43. The van der Waals surface area contributed by atoms with Gasteiger partial charge in [0.05, 0.1) is 27.7 Å². The number of phosphoric acid groups is 1. The van der Waals surface area contributed by atoms with Gasteiger partial charge in [-0.05, 0) is 89.9 Å². The molecule has 1 N–H and O–H groups in total. The molecule has 0 bridgehead atoms. The molecule has 344 valence electrons. The molecule has 9 nitrogen and oxygen atoms in total. The van der Waals surface area contributed by atoms with Crippen molar-refractivity contribution < 1.29 is 42.1 Å². The monoisotopic (exact) mass is 861 g/mol. The molecule has 0 aromatic carbocycles. The van der Waals surface area contributed by atoms with Crippen LogP contribution in [0.2, 0.25) is 0 Å². The summed E-state index contributed by atoms with van der Waals surface area (Å²) >= 11 is 0. The molecular weight excluding hydrogens is 774 g/mol. The zero-order valence-electron chi connectivity index (χ0n) is 38.7. The number of likely N-dealkylation sites (N-methyl/N-ethyl adjacent to an activating group) is 1. The number of hydrogen-bond donors (Lipinski definition) is 1. The largest absolute Gasteiger partial charge is 0.472 e. The first kappa shape index (κ1) is 57.2. The van der Waals surface area contributed by atoms with Crippen molar-refractivity contribution in [1.29, 1.82) is 0 Å². The summed E-state index contributed by atoms with van der Waals surface area (Å²) in [5.74, 6) is -0.852. The summed E-state index contributed by atoms with van der Waals surface area (Å²) in [5.41, 5.74) is 0. The summed E-state index contributed by atoms with van der Waals surface area (Å²) in [4.78, 5) is 35.4. The maximum atomic E-state index is 12.7. The number of allylic oxidation sites excluding steroid dienone is 14. The number of nitrogens with zero attached hydrogens (tertiary/aromatic N) is 1. The molecule has 0 aliphatic carbocycles. The summed E-state index contributed by atoms with van der Waals surface area (Å²) in [6.45, 7) is 4.22. The molecule has 0 heterocycles. The summed E-state index contributed by atoms with van der Waals surface area (Å²) in [6, 6.07) is 0. The minimum absolute atomic E-state index is 0.0198. The van der Waals surface area contributed by atoms with Crippen LogP contribution in [0.4, 0.5) is 0 Å². The third-order valence-electron chi connectivity index (χ3n) is 9.41.